The van der Waals surface area contributed by atoms with Crippen LogP contribution in [0.5, 0.6) is 0 Å². The number of benzene rings is 1. The number of nitrogens with one attached hydrogen (secondary N) is 2. The second-order valence-corrected chi connectivity index (χ2v) is 7.22. The molecule has 6 rings (SSSR count). The molecule has 0 aliphatic carbocycles. The van der Waals surface area contributed by atoms with Crippen molar-refractivity contribution < 1.29 is 4.39 Å². The summed E-state index contributed by atoms with van der Waals surface area (Å²) in [6.07, 6.45) is 5.23. The average molecular weight is 406 g/mol. The summed E-state index contributed by atoms with van der Waals surface area (Å²) in [5.41, 5.74) is 7.20. The van der Waals surface area contributed by atoms with Crippen LogP contribution < -0.4 is 0 Å². The molecule has 0 saturated carbocycles. The van der Waals surface area contributed by atoms with Gasteiger partial charge >= 0.3 is 0 Å². The van der Waals surface area contributed by atoms with E-state index in [0.29, 0.717) is 11.4 Å². The molecule has 0 spiro atoms. The third-order valence-electron chi connectivity index (χ3n) is 5.27. The molecule has 0 unspecified atom stereocenters. The first kappa shape index (κ1) is 17.5. The molecule has 0 aliphatic heterocycles. The van der Waals surface area contributed by atoms with E-state index in [1.54, 1.807) is 24.7 Å². The molecule has 0 radical (unpaired) electrons. The largest absolute Gasteiger partial charge is 0.353 e. The number of nitrogens with zero attached hydrogens (tertiary/aromatic N) is 4. The molecule has 0 bridgehead atoms. The van der Waals surface area contributed by atoms with E-state index in [-0.39, 0.29) is 5.82 Å². The predicted molar refractivity (Wildman–Crippen MR) is 118 cm³/mol. The Morgan fingerprint density at radius 2 is 1.74 bits per heavy atom. The van der Waals surface area contributed by atoms with Gasteiger partial charge in [-0.25, -0.2) is 9.37 Å². The molecule has 0 saturated heterocycles. The van der Waals surface area contributed by atoms with Gasteiger partial charge in [0.1, 0.15) is 17.0 Å². The van der Waals surface area contributed by atoms with E-state index in [9.17, 15) is 4.39 Å². The first-order chi connectivity index (χ1) is 15.3. The van der Waals surface area contributed by atoms with Crippen LogP contribution in [-0.4, -0.2) is 30.1 Å². The molecule has 0 fully saturated rings. The highest BCUT2D eigenvalue weighted by molar-refractivity contribution is 5.99. The number of pyridine rings is 3. The van der Waals surface area contributed by atoms with E-state index in [4.69, 9.17) is 4.98 Å². The number of fused-ring (bicyclic) bond motifs is 2. The van der Waals surface area contributed by atoms with Crippen molar-refractivity contribution in [3.05, 3.63) is 85.1 Å². The fourth-order valence-electron chi connectivity index (χ4n) is 3.81. The topological polar surface area (TPSA) is 83.1 Å². The van der Waals surface area contributed by atoms with Crippen molar-refractivity contribution in [2.75, 3.05) is 0 Å². The Balaban J connectivity index is 1.52. The maximum absolute atomic E-state index is 13.8. The van der Waals surface area contributed by atoms with E-state index in [2.05, 4.69) is 25.1 Å². The molecule has 6 nitrogen and oxygen atoms in total. The zero-order chi connectivity index (χ0) is 20.8. The summed E-state index contributed by atoms with van der Waals surface area (Å²) in [5, 5.41) is 8.44. The number of hydrogen-bond acceptors (Lipinski definition) is 4. The smallest absolute Gasteiger partial charge is 0.135 e. The molecule has 5 aromatic heterocycles. The van der Waals surface area contributed by atoms with Crippen LogP contribution in [-0.2, 0) is 0 Å². The Kier molecular flexibility index (Phi) is 3.86. The third kappa shape index (κ3) is 2.95. The minimum Gasteiger partial charge on any atom is -0.353 e. The number of aromatic amines is 2. The molecule has 5 heterocycles. The van der Waals surface area contributed by atoms with Crippen LogP contribution in [0, 0.1) is 5.82 Å². The molecular weight excluding hydrogens is 391 g/mol. The Hall–Kier alpha value is -4.39. The fraction of sp³-hybridized carbons (Fsp3) is 0. The summed E-state index contributed by atoms with van der Waals surface area (Å²) in [6.45, 7) is 0. The lowest BCUT2D eigenvalue weighted by Crippen LogP contribution is -1.86. The van der Waals surface area contributed by atoms with Gasteiger partial charge in [-0.2, -0.15) is 5.10 Å². The molecule has 0 aliphatic rings. The minimum absolute atomic E-state index is 0.294. The number of rotatable bonds is 3. The lowest BCUT2D eigenvalue weighted by molar-refractivity contribution is 0.628. The van der Waals surface area contributed by atoms with E-state index in [1.807, 2.05) is 42.5 Å². The Morgan fingerprint density at radius 1 is 0.806 bits per heavy atom. The molecule has 2 N–H and O–H groups in total. The molecule has 0 atom stereocenters. The SMILES string of the molecule is Fc1cccc(-c2nccc3[nH]c(-c4n[nH]c5ccc(-c6cccnc6)nc45)cc23)c1. The lowest BCUT2D eigenvalue weighted by Gasteiger charge is -2.02. The molecule has 1 aromatic carbocycles. The van der Waals surface area contributed by atoms with E-state index in [0.717, 1.165) is 44.5 Å². The summed E-state index contributed by atoms with van der Waals surface area (Å²) in [5.74, 6) is -0.294. The van der Waals surface area contributed by atoms with Gasteiger partial charge in [0.2, 0.25) is 0 Å². The fourth-order valence-corrected chi connectivity index (χ4v) is 3.81. The van der Waals surface area contributed by atoms with Gasteiger partial charge in [-0.15, -0.1) is 0 Å². The van der Waals surface area contributed by atoms with Gasteiger partial charge in [0, 0.05) is 40.6 Å². The number of halogens is 1. The standard InChI is InChI=1S/C24H15FN6/c25-16-5-1-3-14(11-16)22-17-12-21(28-19(17)8-10-27-22)24-23-20(30-31-24)7-6-18(29-23)15-4-2-9-26-13-15/h1-13,28H,(H,30,31). The summed E-state index contributed by atoms with van der Waals surface area (Å²) in [4.78, 5) is 16.9. The van der Waals surface area contributed by atoms with Crippen molar-refractivity contribution in [3.63, 3.8) is 0 Å². The van der Waals surface area contributed by atoms with Crippen LogP contribution >= 0.6 is 0 Å². The van der Waals surface area contributed by atoms with Crippen LogP contribution in [0.2, 0.25) is 0 Å². The molecule has 31 heavy (non-hydrogen) atoms. The first-order valence-electron chi connectivity index (χ1n) is 9.76. The Morgan fingerprint density at radius 3 is 2.61 bits per heavy atom. The van der Waals surface area contributed by atoms with Crippen molar-refractivity contribution in [2.24, 2.45) is 0 Å². The van der Waals surface area contributed by atoms with Crippen molar-refractivity contribution >= 4 is 21.9 Å². The first-order valence-corrected chi connectivity index (χ1v) is 9.76. The monoisotopic (exact) mass is 406 g/mol. The Bertz CT molecular complexity index is 1550. The third-order valence-corrected chi connectivity index (χ3v) is 5.27. The quantitative estimate of drug-likeness (QED) is 0.414. The van der Waals surface area contributed by atoms with Crippen LogP contribution in [0.1, 0.15) is 0 Å². The number of H-pyrrole nitrogens is 2. The predicted octanol–water partition coefficient (Wildman–Crippen LogP) is 5.37. The highest BCUT2D eigenvalue weighted by Crippen LogP contribution is 2.33. The van der Waals surface area contributed by atoms with Crippen LogP contribution in [0.4, 0.5) is 4.39 Å². The summed E-state index contributed by atoms with van der Waals surface area (Å²) >= 11 is 0. The van der Waals surface area contributed by atoms with Crippen molar-refractivity contribution in [3.8, 4) is 33.9 Å². The van der Waals surface area contributed by atoms with Gasteiger partial charge in [-0.1, -0.05) is 12.1 Å². The summed E-state index contributed by atoms with van der Waals surface area (Å²) in [6, 6.07) is 18.1. The maximum Gasteiger partial charge on any atom is 0.135 e. The van der Waals surface area contributed by atoms with Gasteiger partial charge in [0.15, 0.2) is 0 Å². The van der Waals surface area contributed by atoms with E-state index >= 15 is 0 Å². The maximum atomic E-state index is 13.8. The highest BCUT2D eigenvalue weighted by Gasteiger charge is 2.16. The van der Waals surface area contributed by atoms with E-state index < -0.39 is 0 Å². The highest BCUT2D eigenvalue weighted by atomic mass is 19.1. The van der Waals surface area contributed by atoms with Gasteiger partial charge < -0.3 is 4.98 Å². The summed E-state index contributed by atoms with van der Waals surface area (Å²) < 4.78 is 13.8. The normalized spacial score (nSPS) is 11.4. The number of aromatic nitrogens is 6. The lowest BCUT2D eigenvalue weighted by atomic mass is 10.1. The van der Waals surface area contributed by atoms with Gasteiger partial charge in [0.05, 0.1) is 22.6 Å². The van der Waals surface area contributed by atoms with E-state index in [1.165, 1.54) is 12.1 Å². The van der Waals surface area contributed by atoms with Gasteiger partial charge in [0.25, 0.3) is 0 Å². The Labute approximate surface area is 175 Å². The van der Waals surface area contributed by atoms with Crippen LogP contribution in [0.3, 0.4) is 0 Å². The molecule has 7 heteroatoms. The van der Waals surface area contributed by atoms with Crippen LogP contribution in [0.25, 0.3) is 55.8 Å². The zero-order valence-corrected chi connectivity index (χ0v) is 16.2. The van der Waals surface area contributed by atoms with Crippen molar-refractivity contribution in [2.45, 2.75) is 0 Å². The van der Waals surface area contributed by atoms with Crippen molar-refractivity contribution in [1.82, 2.24) is 30.1 Å². The zero-order valence-electron chi connectivity index (χ0n) is 16.2. The second kappa shape index (κ2) is 6.84. The van der Waals surface area contributed by atoms with Gasteiger partial charge in [-0.3, -0.25) is 15.1 Å². The molecule has 6 aromatic rings. The molecule has 148 valence electrons. The molecular formula is C24H15FN6. The summed E-state index contributed by atoms with van der Waals surface area (Å²) in [7, 11) is 0. The molecule has 0 amide bonds. The number of hydrogen-bond donors (Lipinski definition) is 2. The van der Waals surface area contributed by atoms with Gasteiger partial charge in [-0.05, 0) is 48.5 Å². The minimum atomic E-state index is -0.294. The average Bonchev–Trinajstić information content (AvgIpc) is 3.43. The van der Waals surface area contributed by atoms with Crippen molar-refractivity contribution in [1.29, 1.82) is 0 Å². The second-order valence-electron chi connectivity index (χ2n) is 7.22. The van der Waals surface area contributed by atoms with Crippen LogP contribution in [0.15, 0.2) is 79.3 Å².